The van der Waals surface area contributed by atoms with Gasteiger partial charge in [-0.15, -0.1) is 0 Å². The molecule has 2 fully saturated rings. The SMILES string of the molecule is N#CC1(C(=O)NC2CCC2)CC1. The predicted molar refractivity (Wildman–Crippen MR) is 43.1 cm³/mol. The van der Waals surface area contributed by atoms with Crippen LogP contribution in [0.5, 0.6) is 0 Å². The summed E-state index contributed by atoms with van der Waals surface area (Å²) in [5.41, 5.74) is -0.629. The summed E-state index contributed by atoms with van der Waals surface area (Å²) in [6.45, 7) is 0. The Kier molecular flexibility index (Phi) is 1.57. The van der Waals surface area contributed by atoms with Gasteiger partial charge >= 0.3 is 0 Å². The highest BCUT2D eigenvalue weighted by atomic mass is 16.2. The molecule has 0 aromatic rings. The topological polar surface area (TPSA) is 52.9 Å². The number of carbonyl (C=O) groups excluding carboxylic acids is 1. The van der Waals surface area contributed by atoms with Gasteiger partial charge in [-0.05, 0) is 32.1 Å². The molecule has 0 spiro atoms. The Morgan fingerprint density at radius 2 is 2.17 bits per heavy atom. The van der Waals surface area contributed by atoms with Gasteiger partial charge in [0.15, 0.2) is 0 Å². The van der Waals surface area contributed by atoms with Crippen LogP contribution in [0, 0.1) is 16.7 Å². The van der Waals surface area contributed by atoms with E-state index in [0.29, 0.717) is 6.04 Å². The first-order chi connectivity index (χ1) is 5.77. The van der Waals surface area contributed by atoms with Crippen LogP contribution in [0.25, 0.3) is 0 Å². The number of nitrogens with zero attached hydrogens (tertiary/aromatic N) is 1. The summed E-state index contributed by atoms with van der Waals surface area (Å²) in [7, 11) is 0. The average molecular weight is 164 g/mol. The molecule has 0 aromatic carbocycles. The number of carbonyl (C=O) groups is 1. The van der Waals surface area contributed by atoms with Crippen LogP contribution in [0.1, 0.15) is 32.1 Å². The molecule has 0 unspecified atom stereocenters. The van der Waals surface area contributed by atoms with Crippen molar-refractivity contribution >= 4 is 5.91 Å². The van der Waals surface area contributed by atoms with Crippen molar-refractivity contribution in [1.82, 2.24) is 5.32 Å². The number of hydrogen-bond acceptors (Lipinski definition) is 2. The highest BCUT2D eigenvalue weighted by Crippen LogP contribution is 2.45. The average Bonchev–Trinajstić information content (AvgIpc) is 2.76. The van der Waals surface area contributed by atoms with E-state index in [1.54, 1.807) is 0 Å². The molecule has 0 atom stereocenters. The first-order valence-corrected chi connectivity index (χ1v) is 4.49. The zero-order valence-electron chi connectivity index (χ0n) is 6.97. The summed E-state index contributed by atoms with van der Waals surface area (Å²) in [6.07, 6.45) is 4.90. The second-order valence-corrected chi connectivity index (χ2v) is 3.80. The number of nitrogens with one attached hydrogen (secondary N) is 1. The molecule has 2 aliphatic rings. The Balaban J connectivity index is 1.88. The van der Waals surface area contributed by atoms with Crippen LogP contribution in [0.4, 0.5) is 0 Å². The number of nitriles is 1. The molecule has 2 aliphatic carbocycles. The zero-order chi connectivity index (χ0) is 8.60. The maximum Gasteiger partial charge on any atom is 0.240 e. The second kappa shape index (κ2) is 2.48. The van der Waals surface area contributed by atoms with Crippen LogP contribution < -0.4 is 5.32 Å². The molecule has 1 N–H and O–H groups in total. The molecule has 0 bridgehead atoms. The molecular formula is C9H12N2O. The Morgan fingerprint density at radius 1 is 1.50 bits per heavy atom. The zero-order valence-corrected chi connectivity index (χ0v) is 6.97. The van der Waals surface area contributed by atoms with Gasteiger partial charge in [-0.1, -0.05) is 0 Å². The molecule has 3 nitrogen and oxygen atoms in total. The van der Waals surface area contributed by atoms with Gasteiger partial charge in [0.1, 0.15) is 5.41 Å². The quantitative estimate of drug-likeness (QED) is 0.660. The van der Waals surface area contributed by atoms with Gasteiger partial charge in [-0.3, -0.25) is 4.79 Å². The maximum atomic E-state index is 11.4. The number of amides is 1. The normalized spacial score (nSPS) is 25.2. The highest BCUT2D eigenvalue weighted by molar-refractivity contribution is 5.88. The van der Waals surface area contributed by atoms with Crippen LogP contribution in [0.15, 0.2) is 0 Å². The fraction of sp³-hybridized carbons (Fsp3) is 0.778. The first kappa shape index (κ1) is 7.60. The van der Waals surface area contributed by atoms with Crippen LogP contribution >= 0.6 is 0 Å². The van der Waals surface area contributed by atoms with Gasteiger partial charge in [-0.2, -0.15) is 5.26 Å². The van der Waals surface area contributed by atoms with Crippen molar-refractivity contribution in [2.45, 2.75) is 38.1 Å². The lowest BCUT2D eigenvalue weighted by molar-refractivity contribution is -0.125. The third kappa shape index (κ3) is 1.08. The van der Waals surface area contributed by atoms with Crippen molar-refractivity contribution in [3.8, 4) is 6.07 Å². The van der Waals surface area contributed by atoms with E-state index in [4.69, 9.17) is 5.26 Å². The molecule has 64 valence electrons. The molecule has 0 saturated heterocycles. The Labute approximate surface area is 71.8 Å². The third-order valence-corrected chi connectivity index (χ3v) is 2.84. The molecule has 12 heavy (non-hydrogen) atoms. The van der Waals surface area contributed by atoms with E-state index in [2.05, 4.69) is 11.4 Å². The predicted octanol–water partition coefficient (Wildman–Crippen LogP) is 0.959. The summed E-state index contributed by atoms with van der Waals surface area (Å²) in [4.78, 5) is 11.4. The van der Waals surface area contributed by atoms with Gasteiger partial charge in [0, 0.05) is 6.04 Å². The van der Waals surface area contributed by atoms with Crippen molar-refractivity contribution in [1.29, 1.82) is 5.26 Å². The van der Waals surface area contributed by atoms with Gasteiger partial charge in [-0.25, -0.2) is 0 Å². The molecule has 0 radical (unpaired) electrons. The standard InChI is InChI=1S/C9H12N2O/c10-6-9(4-5-9)8(12)11-7-2-1-3-7/h7H,1-5H2,(H,11,12). The first-order valence-electron chi connectivity index (χ1n) is 4.49. The van der Waals surface area contributed by atoms with E-state index < -0.39 is 5.41 Å². The summed E-state index contributed by atoms with van der Waals surface area (Å²) < 4.78 is 0. The van der Waals surface area contributed by atoms with E-state index in [1.807, 2.05) is 0 Å². The fourth-order valence-corrected chi connectivity index (χ4v) is 1.39. The molecule has 2 saturated carbocycles. The Morgan fingerprint density at radius 3 is 2.50 bits per heavy atom. The Hall–Kier alpha value is -1.04. The van der Waals surface area contributed by atoms with E-state index >= 15 is 0 Å². The van der Waals surface area contributed by atoms with Crippen molar-refractivity contribution in [2.24, 2.45) is 5.41 Å². The van der Waals surface area contributed by atoms with E-state index in [-0.39, 0.29) is 5.91 Å². The lowest BCUT2D eigenvalue weighted by Crippen LogP contribution is -2.43. The van der Waals surface area contributed by atoms with Gasteiger partial charge < -0.3 is 5.32 Å². The largest absolute Gasteiger partial charge is 0.352 e. The summed E-state index contributed by atoms with van der Waals surface area (Å²) >= 11 is 0. The van der Waals surface area contributed by atoms with E-state index in [1.165, 1.54) is 6.42 Å². The monoisotopic (exact) mass is 164 g/mol. The molecule has 0 heterocycles. The fourth-order valence-electron chi connectivity index (χ4n) is 1.39. The van der Waals surface area contributed by atoms with Crippen molar-refractivity contribution in [2.75, 3.05) is 0 Å². The van der Waals surface area contributed by atoms with Gasteiger partial charge in [0.25, 0.3) is 0 Å². The minimum absolute atomic E-state index is 0.0327. The minimum atomic E-state index is -0.629. The molecule has 3 heteroatoms. The van der Waals surface area contributed by atoms with E-state index in [0.717, 1.165) is 25.7 Å². The summed E-state index contributed by atoms with van der Waals surface area (Å²) in [6, 6.07) is 2.46. The summed E-state index contributed by atoms with van der Waals surface area (Å²) in [5.74, 6) is -0.0327. The second-order valence-electron chi connectivity index (χ2n) is 3.80. The third-order valence-electron chi connectivity index (χ3n) is 2.84. The molecule has 1 amide bonds. The maximum absolute atomic E-state index is 11.4. The van der Waals surface area contributed by atoms with Gasteiger partial charge in [0.2, 0.25) is 5.91 Å². The summed E-state index contributed by atoms with van der Waals surface area (Å²) in [5, 5.41) is 11.6. The van der Waals surface area contributed by atoms with Crippen LogP contribution in [-0.2, 0) is 4.79 Å². The smallest absolute Gasteiger partial charge is 0.240 e. The lowest BCUT2D eigenvalue weighted by atomic mass is 9.92. The minimum Gasteiger partial charge on any atom is -0.352 e. The molecule has 2 rings (SSSR count). The van der Waals surface area contributed by atoms with Gasteiger partial charge in [0.05, 0.1) is 6.07 Å². The highest BCUT2D eigenvalue weighted by Gasteiger charge is 2.51. The van der Waals surface area contributed by atoms with Crippen molar-refractivity contribution < 1.29 is 4.79 Å². The molecule has 0 aliphatic heterocycles. The number of hydrogen-bond donors (Lipinski definition) is 1. The lowest BCUT2D eigenvalue weighted by Gasteiger charge is -2.27. The Bertz CT molecular complexity index is 246. The van der Waals surface area contributed by atoms with E-state index in [9.17, 15) is 4.79 Å². The molecular weight excluding hydrogens is 152 g/mol. The van der Waals surface area contributed by atoms with Crippen molar-refractivity contribution in [3.05, 3.63) is 0 Å². The number of rotatable bonds is 2. The van der Waals surface area contributed by atoms with Crippen LogP contribution in [-0.4, -0.2) is 11.9 Å². The van der Waals surface area contributed by atoms with Crippen molar-refractivity contribution in [3.63, 3.8) is 0 Å². The molecule has 0 aromatic heterocycles. The van der Waals surface area contributed by atoms with Crippen LogP contribution in [0.2, 0.25) is 0 Å². The van der Waals surface area contributed by atoms with Crippen LogP contribution in [0.3, 0.4) is 0 Å².